The van der Waals surface area contributed by atoms with Crippen LogP contribution in [-0.4, -0.2) is 18.4 Å². The Bertz CT molecular complexity index is 1220. The Morgan fingerprint density at radius 3 is 2.33 bits per heavy atom. The molecule has 0 aliphatic heterocycles. The summed E-state index contributed by atoms with van der Waals surface area (Å²) in [6.07, 6.45) is 0. The lowest BCUT2D eigenvalue weighted by Gasteiger charge is -2.22. The largest absolute Gasteiger partial charge is 0.320 e. The maximum absolute atomic E-state index is 13.3. The molecule has 0 aliphatic rings. The number of para-hydroxylation sites is 2. The number of nitrogens with zero attached hydrogens (tertiary/aromatic N) is 1. The topological polar surface area (TPSA) is 49.4 Å². The predicted molar refractivity (Wildman–Crippen MR) is 125 cm³/mol. The van der Waals surface area contributed by atoms with Crippen LogP contribution in [0.15, 0.2) is 78.9 Å². The fourth-order valence-electron chi connectivity index (χ4n) is 3.31. The zero-order chi connectivity index (χ0) is 21.1. The van der Waals surface area contributed by atoms with Crippen LogP contribution in [0.25, 0.3) is 10.1 Å². The fourth-order valence-corrected chi connectivity index (χ4v) is 4.73. The SMILES string of the molecule is CCN(C(=O)c1ccccc1NC(=O)c1sc2ccccc2c1Cl)c1ccccc1. The summed E-state index contributed by atoms with van der Waals surface area (Å²) in [4.78, 5) is 28.4. The van der Waals surface area contributed by atoms with Gasteiger partial charge >= 0.3 is 0 Å². The van der Waals surface area contributed by atoms with Gasteiger partial charge in [0.05, 0.1) is 16.3 Å². The second-order valence-electron chi connectivity index (χ2n) is 6.63. The third-order valence-corrected chi connectivity index (χ3v) is 6.45. The summed E-state index contributed by atoms with van der Waals surface area (Å²) in [5.41, 5.74) is 1.68. The quantitative estimate of drug-likeness (QED) is 0.391. The molecule has 150 valence electrons. The molecule has 1 aromatic heterocycles. The van der Waals surface area contributed by atoms with Crippen molar-refractivity contribution in [3.63, 3.8) is 0 Å². The van der Waals surface area contributed by atoms with Gasteiger partial charge in [0.1, 0.15) is 4.88 Å². The molecule has 0 saturated carbocycles. The van der Waals surface area contributed by atoms with Crippen LogP contribution in [0.2, 0.25) is 5.02 Å². The van der Waals surface area contributed by atoms with Crippen LogP contribution >= 0.6 is 22.9 Å². The van der Waals surface area contributed by atoms with Crippen molar-refractivity contribution in [1.82, 2.24) is 0 Å². The normalized spacial score (nSPS) is 10.7. The van der Waals surface area contributed by atoms with E-state index >= 15 is 0 Å². The van der Waals surface area contributed by atoms with E-state index in [9.17, 15) is 9.59 Å². The van der Waals surface area contributed by atoms with Crippen molar-refractivity contribution in [2.45, 2.75) is 6.92 Å². The monoisotopic (exact) mass is 434 g/mol. The van der Waals surface area contributed by atoms with Crippen LogP contribution in [0.5, 0.6) is 0 Å². The summed E-state index contributed by atoms with van der Waals surface area (Å²) in [6, 6.07) is 24.1. The minimum atomic E-state index is -0.329. The van der Waals surface area contributed by atoms with Gasteiger partial charge < -0.3 is 10.2 Å². The van der Waals surface area contributed by atoms with Gasteiger partial charge in [-0.05, 0) is 37.3 Å². The van der Waals surface area contributed by atoms with Crippen molar-refractivity contribution in [3.05, 3.63) is 94.3 Å². The number of anilines is 2. The Kier molecular flexibility index (Phi) is 5.84. The standard InChI is InChI=1S/C24H19ClN2O2S/c1-2-27(16-10-4-3-5-11-16)24(29)17-12-6-8-14-19(17)26-23(28)22-21(25)18-13-7-9-15-20(18)30-22/h3-15H,2H2,1H3,(H,26,28). The second kappa shape index (κ2) is 8.69. The molecular formula is C24H19ClN2O2S. The number of fused-ring (bicyclic) bond motifs is 1. The Morgan fingerprint density at radius 2 is 1.60 bits per heavy atom. The average Bonchev–Trinajstić information content (AvgIpc) is 3.12. The molecular weight excluding hydrogens is 416 g/mol. The maximum Gasteiger partial charge on any atom is 0.267 e. The summed E-state index contributed by atoms with van der Waals surface area (Å²) in [5.74, 6) is -0.508. The molecule has 0 unspecified atom stereocenters. The van der Waals surface area contributed by atoms with Crippen LogP contribution in [0.1, 0.15) is 27.0 Å². The van der Waals surface area contributed by atoms with Crippen molar-refractivity contribution in [3.8, 4) is 0 Å². The first kappa shape index (κ1) is 20.1. The first-order valence-corrected chi connectivity index (χ1v) is 10.7. The average molecular weight is 435 g/mol. The smallest absolute Gasteiger partial charge is 0.267 e. The van der Waals surface area contributed by atoms with Crippen molar-refractivity contribution < 1.29 is 9.59 Å². The molecule has 4 nitrogen and oxygen atoms in total. The number of thiophene rings is 1. The van der Waals surface area contributed by atoms with E-state index in [2.05, 4.69) is 5.32 Å². The highest BCUT2D eigenvalue weighted by atomic mass is 35.5. The van der Waals surface area contributed by atoms with Gasteiger partial charge in [0.25, 0.3) is 11.8 Å². The van der Waals surface area contributed by atoms with Gasteiger partial charge in [-0.15, -0.1) is 11.3 Å². The zero-order valence-electron chi connectivity index (χ0n) is 16.3. The molecule has 0 saturated heterocycles. The van der Waals surface area contributed by atoms with E-state index in [4.69, 9.17) is 11.6 Å². The van der Waals surface area contributed by atoms with Crippen molar-refractivity contribution in [2.24, 2.45) is 0 Å². The van der Waals surface area contributed by atoms with E-state index in [1.807, 2.05) is 61.5 Å². The van der Waals surface area contributed by atoms with Crippen LogP contribution in [0, 0.1) is 0 Å². The Hall–Kier alpha value is -3.15. The van der Waals surface area contributed by atoms with E-state index in [0.29, 0.717) is 27.7 Å². The van der Waals surface area contributed by atoms with E-state index in [1.54, 1.807) is 29.2 Å². The third kappa shape index (κ3) is 3.82. The van der Waals surface area contributed by atoms with E-state index < -0.39 is 0 Å². The lowest BCUT2D eigenvalue weighted by Crippen LogP contribution is -2.31. The van der Waals surface area contributed by atoms with Crippen LogP contribution in [0.3, 0.4) is 0 Å². The van der Waals surface area contributed by atoms with Gasteiger partial charge in [-0.2, -0.15) is 0 Å². The first-order valence-electron chi connectivity index (χ1n) is 9.54. The van der Waals surface area contributed by atoms with E-state index in [1.165, 1.54) is 11.3 Å². The highest BCUT2D eigenvalue weighted by Crippen LogP contribution is 2.35. The third-order valence-electron chi connectivity index (χ3n) is 4.78. The second-order valence-corrected chi connectivity index (χ2v) is 8.06. The molecule has 4 rings (SSSR count). The highest BCUT2D eigenvalue weighted by Gasteiger charge is 2.22. The molecule has 3 aromatic carbocycles. The number of amides is 2. The summed E-state index contributed by atoms with van der Waals surface area (Å²) >= 11 is 7.78. The number of carbonyl (C=O) groups excluding carboxylic acids is 2. The molecule has 2 amide bonds. The Labute approximate surface area is 183 Å². The van der Waals surface area contributed by atoms with Crippen molar-refractivity contribution >= 4 is 56.2 Å². The summed E-state index contributed by atoms with van der Waals surface area (Å²) in [5, 5.41) is 4.15. The minimum Gasteiger partial charge on any atom is -0.320 e. The number of benzene rings is 3. The van der Waals surface area contributed by atoms with Gasteiger partial charge in [-0.25, -0.2) is 0 Å². The summed E-state index contributed by atoms with van der Waals surface area (Å²) in [6.45, 7) is 2.43. The molecule has 0 bridgehead atoms. The molecule has 6 heteroatoms. The van der Waals surface area contributed by atoms with Gasteiger partial charge in [0, 0.05) is 22.3 Å². The minimum absolute atomic E-state index is 0.179. The Balaban J connectivity index is 1.65. The fraction of sp³-hybridized carbons (Fsp3) is 0.0833. The number of carbonyl (C=O) groups is 2. The molecule has 1 heterocycles. The number of hydrogen-bond acceptors (Lipinski definition) is 3. The van der Waals surface area contributed by atoms with Gasteiger partial charge in [0.15, 0.2) is 0 Å². The number of nitrogens with one attached hydrogen (secondary N) is 1. The molecule has 0 radical (unpaired) electrons. The number of hydrogen-bond donors (Lipinski definition) is 1. The van der Waals surface area contributed by atoms with E-state index in [-0.39, 0.29) is 11.8 Å². The molecule has 30 heavy (non-hydrogen) atoms. The van der Waals surface area contributed by atoms with Gasteiger partial charge in [-0.1, -0.05) is 60.1 Å². The molecule has 4 aromatic rings. The maximum atomic E-state index is 13.3. The predicted octanol–water partition coefficient (Wildman–Crippen LogP) is 6.47. The van der Waals surface area contributed by atoms with Crippen LogP contribution in [0.4, 0.5) is 11.4 Å². The van der Waals surface area contributed by atoms with Gasteiger partial charge in [-0.3, -0.25) is 9.59 Å². The lowest BCUT2D eigenvalue weighted by atomic mass is 10.1. The summed E-state index contributed by atoms with van der Waals surface area (Å²) in [7, 11) is 0. The number of halogens is 1. The van der Waals surface area contributed by atoms with Crippen LogP contribution < -0.4 is 10.2 Å². The molecule has 0 fully saturated rings. The molecule has 1 N–H and O–H groups in total. The van der Waals surface area contributed by atoms with Crippen molar-refractivity contribution in [2.75, 3.05) is 16.8 Å². The Morgan fingerprint density at radius 1 is 0.933 bits per heavy atom. The van der Waals surface area contributed by atoms with Crippen LogP contribution in [-0.2, 0) is 0 Å². The number of rotatable bonds is 5. The van der Waals surface area contributed by atoms with Crippen molar-refractivity contribution in [1.29, 1.82) is 0 Å². The summed E-state index contributed by atoms with van der Waals surface area (Å²) < 4.78 is 0.943. The molecule has 0 atom stereocenters. The van der Waals surface area contributed by atoms with E-state index in [0.717, 1.165) is 15.8 Å². The zero-order valence-corrected chi connectivity index (χ0v) is 17.8. The lowest BCUT2D eigenvalue weighted by molar-refractivity contribution is 0.0989. The first-order chi connectivity index (χ1) is 14.6. The molecule has 0 aliphatic carbocycles. The highest BCUT2D eigenvalue weighted by molar-refractivity contribution is 7.21. The van der Waals surface area contributed by atoms with Gasteiger partial charge in [0.2, 0.25) is 0 Å². The molecule has 0 spiro atoms.